The number of halogens is 1. The molecule has 100 valence electrons. The number of rotatable bonds is 2. The number of amides is 1. The molecule has 0 saturated heterocycles. The summed E-state index contributed by atoms with van der Waals surface area (Å²) in [5, 5.41) is 1.40. The Bertz CT molecular complexity index is 653. The molecule has 19 heavy (non-hydrogen) atoms. The first-order valence-corrected chi connectivity index (χ1v) is 6.44. The standard InChI is InChI=1S/C14H16ClN3O/c1-7(2)12-6-10(14(19)18-16)9-4-5-11(15)8(3)13(9)17-12/h4-7H,16H2,1-3H3,(H,18,19). The number of nitrogens with two attached hydrogens (primary N) is 1. The molecule has 1 amide bonds. The first-order valence-electron chi connectivity index (χ1n) is 6.06. The van der Waals surface area contributed by atoms with Crippen molar-refractivity contribution in [3.05, 3.63) is 40.0 Å². The second kappa shape index (κ2) is 5.15. The molecule has 0 aliphatic rings. The van der Waals surface area contributed by atoms with Gasteiger partial charge in [0.25, 0.3) is 5.91 Å². The molecule has 5 heteroatoms. The van der Waals surface area contributed by atoms with Gasteiger partial charge in [-0.2, -0.15) is 0 Å². The average molecular weight is 278 g/mol. The van der Waals surface area contributed by atoms with Crippen molar-refractivity contribution in [1.29, 1.82) is 0 Å². The number of nitrogens with zero attached hydrogens (tertiary/aromatic N) is 1. The van der Waals surface area contributed by atoms with Crippen LogP contribution in [0.2, 0.25) is 5.02 Å². The lowest BCUT2D eigenvalue weighted by molar-refractivity contribution is 0.0955. The van der Waals surface area contributed by atoms with Gasteiger partial charge in [-0.05, 0) is 30.5 Å². The quantitative estimate of drug-likeness (QED) is 0.504. The number of hydrogen-bond donors (Lipinski definition) is 2. The minimum Gasteiger partial charge on any atom is -0.290 e. The summed E-state index contributed by atoms with van der Waals surface area (Å²) in [6.45, 7) is 5.95. The van der Waals surface area contributed by atoms with Gasteiger partial charge in [-0.1, -0.05) is 31.5 Å². The van der Waals surface area contributed by atoms with E-state index in [-0.39, 0.29) is 11.8 Å². The number of nitrogens with one attached hydrogen (secondary N) is 1. The van der Waals surface area contributed by atoms with Gasteiger partial charge < -0.3 is 0 Å². The normalized spacial score (nSPS) is 11.1. The van der Waals surface area contributed by atoms with Crippen molar-refractivity contribution in [1.82, 2.24) is 10.4 Å². The summed E-state index contributed by atoms with van der Waals surface area (Å²) < 4.78 is 0. The number of aromatic nitrogens is 1. The maximum Gasteiger partial charge on any atom is 0.265 e. The number of fused-ring (bicyclic) bond motifs is 1. The second-order valence-electron chi connectivity index (χ2n) is 4.79. The highest BCUT2D eigenvalue weighted by Gasteiger charge is 2.15. The molecule has 2 rings (SSSR count). The van der Waals surface area contributed by atoms with E-state index in [1.165, 1.54) is 0 Å². The third-order valence-corrected chi connectivity index (χ3v) is 3.56. The molecule has 0 fully saturated rings. The van der Waals surface area contributed by atoms with Gasteiger partial charge in [-0.25, -0.2) is 5.84 Å². The molecule has 1 aromatic heterocycles. The van der Waals surface area contributed by atoms with Crippen molar-refractivity contribution < 1.29 is 4.79 Å². The molecular weight excluding hydrogens is 262 g/mol. The number of carbonyl (C=O) groups excluding carboxylic acids is 1. The summed E-state index contributed by atoms with van der Waals surface area (Å²) in [5.41, 5.74) is 5.16. The Labute approximate surface area is 116 Å². The molecule has 0 atom stereocenters. The molecule has 0 saturated carbocycles. The van der Waals surface area contributed by atoms with Crippen LogP contribution in [0.15, 0.2) is 18.2 Å². The van der Waals surface area contributed by atoms with Crippen molar-refractivity contribution in [3.63, 3.8) is 0 Å². The monoisotopic (exact) mass is 277 g/mol. The molecule has 0 spiro atoms. The minimum atomic E-state index is -0.323. The summed E-state index contributed by atoms with van der Waals surface area (Å²) in [6.07, 6.45) is 0. The number of benzene rings is 1. The van der Waals surface area contributed by atoms with E-state index in [0.717, 1.165) is 22.2 Å². The topological polar surface area (TPSA) is 68.0 Å². The Morgan fingerprint density at radius 1 is 1.42 bits per heavy atom. The first-order chi connectivity index (χ1) is 8.95. The van der Waals surface area contributed by atoms with Crippen LogP contribution in [0.4, 0.5) is 0 Å². The second-order valence-corrected chi connectivity index (χ2v) is 5.20. The molecule has 0 aliphatic heterocycles. The van der Waals surface area contributed by atoms with Crippen molar-refractivity contribution in [3.8, 4) is 0 Å². The molecular formula is C14H16ClN3O. The van der Waals surface area contributed by atoms with Gasteiger partial charge >= 0.3 is 0 Å². The van der Waals surface area contributed by atoms with E-state index in [1.807, 2.05) is 20.8 Å². The number of nitrogen functional groups attached to an aromatic ring is 1. The van der Waals surface area contributed by atoms with E-state index in [4.69, 9.17) is 17.4 Å². The average Bonchev–Trinajstić information content (AvgIpc) is 2.41. The lowest BCUT2D eigenvalue weighted by atomic mass is 10.0. The Morgan fingerprint density at radius 3 is 2.68 bits per heavy atom. The Hall–Kier alpha value is -1.65. The van der Waals surface area contributed by atoms with Crippen LogP contribution in [0, 0.1) is 6.92 Å². The summed E-state index contributed by atoms with van der Waals surface area (Å²) in [4.78, 5) is 16.5. The third kappa shape index (κ3) is 2.41. The molecule has 1 aromatic carbocycles. The molecule has 4 nitrogen and oxygen atoms in total. The molecule has 2 aromatic rings. The SMILES string of the molecule is Cc1c(Cl)ccc2c(C(=O)NN)cc(C(C)C)nc12. The lowest BCUT2D eigenvalue weighted by Gasteiger charge is -2.13. The van der Waals surface area contributed by atoms with Gasteiger partial charge in [0.15, 0.2) is 0 Å². The highest BCUT2D eigenvalue weighted by atomic mass is 35.5. The summed E-state index contributed by atoms with van der Waals surface area (Å²) in [6, 6.07) is 5.35. The van der Waals surface area contributed by atoms with E-state index >= 15 is 0 Å². The van der Waals surface area contributed by atoms with Gasteiger partial charge in [-0.3, -0.25) is 15.2 Å². The van der Waals surface area contributed by atoms with E-state index < -0.39 is 0 Å². The predicted octanol–water partition coefficient (Wildman–Crippen LogP) is 2.92. The maximum absolute atomic E-state index is 11.9. The highest BCUT2D eigenvalue weighted by Crippen LogP contribution is 2.28. The number of pyridine rings is 1. The van der Waals surface area contributed by atoms with Crippen molar-refractivity contribution in [2.45, 2.75) is 26.7 Å². The van der Waals surface area contributed by atoms with E-state index in [2.05, 4.69) is 10.4 Å². The van der Waals surface area contributed by atoms with Crippen LogP contribution >= 0.6 is 11.6 Å². The fourth-order valence-corrected chi connectivity index (χ4v) is 2.14. The summed E-state index contributed by atoms with van der Waals surface area (Å²) in [5.74, 6) is 5.13. The van der Waals surface area contributed by atoms with Crippen LogP contribution in [-0.4, -0.2) is 10.9 Å². The van der Waals surface area contributed by atoms with Crippen molar-refractivity contribution in [2.24, 2.45) is 5.84 Å². The van der Waals surface area contributed by atoms with Crippen LogP contribution in [0.1, 0.15) is 41.4 Å². The van der Waals surface area contributed by atoms with Gasteiger partial charge in [0.1, 0.15) is 0 Å². The van der Waals surface area contributed by atoms with Gasteiger partial charge in [0.2, 0.25) is 0 Å². The number of aryl methyl sites for hydroxylation is 1. The van der Waals surface area contributed by atoms with Gasteiger partial charge in [0, 0.05) is 16.1 Å². The van der Waals surface area contributed by atoms with Crippen molar-refractivity contribution in [2.75, 3.05) is 0 Å². The molecule has 0 radical (unpaired) electrons. The smallest absolute Gasteiger partial charge is 0.265 e. The number of hydrogen-bond acceptors (Lipinski definition) is 3. The first kappa shape index (κ1) is 13.8. The molecule has 0 aliphatic carbocycles. The molecule has 0 unspecified atom stereocenters. The zero-order valence-electron chi connectivity index (χ0n) is 11.1. The molecule has 0 bridgehead atoms. The Balaban J connectivity index is 2.86. The minimum absolute atomic E-state index is 0.215. The molecule has 1 heterocycles. The van der Waals surface area contributed by atoms with Crippen LogP contribution in [0.3, 0.4) is 0 Å². The zero-order valence-corrected chi connectivity index (χ0v) is 11.9. The van der Waals surface area contributed by atoms with E-state index in [1.54, 1.807) is 18.2 Å². The summed E-state index contributed by atoms with van der Waals surface area (Å²) in [7, 11) is 0. The largest absolute Gasteiger partial charge is 0.290 e. The van der Waals surface area contributed by atoms with Gasteiger partial charge in [0.05, 0.1) is 11.1 Å². The van der Waals surface area contributed by atoms with Crippen LogP contribution in [-0.2, 0) is 0 Å². The van der Waals surface area contributed by atoms with Crippen molar-refractivity contribution >= 4 is 28.4 Å². The predicted molar refractivity (Wildman–Crippen MR) is 77.2 cm³/mol. The van der Waals surface area contributed by atoms with Crippen LogP contribution in [0.25, 0.3) is 10.9 Å². The lowest BCUT2D eigenvalue weighted by Crippen LogP contribution is -2.30. The number of hydrazine groups is 1. The van der Waals surface area contributed by atoms with Gasteiger partial charge in [-0.15, -0.1) is 0 Å². The number of carbonyl (C=O) groups is 1. The maximum atomic E-state index is 11.9. The van der Waals surface area contributed by atoms with Crippen LogP contribution < -0.4 is 11.3 Å². The van der Waals surface area contributed by atoms with E-state index in [0.29, 0.717) is 10.6 Å². The Morgan fingerprint density at radius 2 is 2.11 bits per heavy atom. The summed E-state index contributed by atoms with van der Waals surface area (Å²) >= 11 is 6.12. The fraction of sp³-hybridized carbons (Fsp3) is 0.286. The Kier molecular flexibility index (Phi) is 3.73. The fourth-order valence-electron chi connectivity index (χ4n) is 1.99. The third-order valence-electron chi connectivity index (χ3n) is 3.16. The zero-order chi connectivity index (χ0) is 14.2. The highest BCUT2D eigenvalue weighted by molar-refractivity contribution is 6.32. The van der Waals surface area contributed by atoms with Crippen LogP contribution in [0.5, 0.6) is 0 Å². The molecule has 3 N–H and O–H groups in total. The van der Waals surface area contributed by atoms with E-state index in [9.17, 15) is 4.79 Å².